The monoisotopic (exact) mass is 377 g/mol. The molecule has 1 amide bonds. The SMILES string of the molecule is CCOc1ccccc1-c1nnc(SC(C)C(=O)N(C(C)C)C(C)C)o1. The summed E-state index contributed by atoms with van der Waals surface area (Å²) in [4.78, 5) is 14.6. The molecule has 1 aromatic heterocycles. The van der Waals surface area contributed by atoms with Crippen molar-refractivity contribution in [3.63, 3.8) is 0 Å². The Balaban J connectivity index is 2.14. The van der Waals surface area contributed by atoms with Crippen molar-refractivity contribution in [2.75, 3.05) is 6.61 Å². The number of para-hydroxylation sites is 1. The highest BCUT2D eigenvalue weighted by Gasteiger charge is 2.27. The molecule has 0 bridgehead atoms. The maximum Gasteiger partial charge on any atom is 0.277 e. The molecule has 1 atom stereocenters. The first-order valence-electron chi connectivity index (χ1n) is 8.89. The molecule has 0 saturated heterocycles. The van der Waals surface area contributed by atoms with Gasteiger partial charge in [0.2, 0.25) is 5.91 Å². The highest BCUT2D eigenvalue weighted by Crippen LogP contribution is 2.32. The lowest BCUT2D eigenvalue weighted by Crippen LogP contribution is -2.45. The summed E-state index contributed by atoms with van der Waals surface area (Å²) in [5, 5.41) is 8.26. The van der Waals surface area contributed by atoms with Gasteiger partial charge in [-0.3, -0.25) is 4.79 Å². The number of benzene rings is 1. The second kappa shape index (κ2) is 9.07. The average molecular weight is 378 g/mol. The standard InChI is InChI=1S/C19H27N3O3S/c1-7-24-16-11-9-8-10-15(16)17-20-21-19(25-17)26-14(6)18(23)22(12(2)3)13(4)5/h8-14H,7H2,1-6H3. The van der Waals surface area contributed by atoms with E-state index in [-0.39, 0.29) is 23.2 Å². The smallest absolute Gasteiger partial charge is 0.277 e. The molecular formula is C19H27N3O3S. The molecule has 2 rings (SSSR count). The summed E-state index contributed by atoms with van der Waals surface area (Å²) < 4.78 is 11.4. The molecule has 7 heteroatoms. The molecular weight excluding hydrogens is 350 g/mol. The van der Waals surface area contributed by atoms with Gasteiger partial charge in [0, 0.05) is 12.1 Å². The van der Waals surface area contributed by atoms with Crippen LogP contribution in [0.1, 0.15) is 41.5 Å². The Morgan fingerprint density at radius 1 is 1.15 bits per heavy atom. The van der Waals surface area contributed by atoms with Crippen LogP contribution in [0, 0.1) is 0 Å². The third-order valence-electron chi connectivity index (χ3n) is 3.82. The van der Waals surface area contributed by atoms with Crippen LogP contribution in [0.25, 0.3) is 11.5 Å². The van der Waals surface area contributed by atoms with E-state index in [9.17, 15) is 4.79 Å². The quantitative estimate of drug-likeness (QED) is 0.640. The Labute approximate surface area is 159 Å². The van der Waals surface area contributed by atoms with Crippen LogP contribution in [-0.2, 0) is 4.79 Å². The van der Waals surface area contributed by atoms with Gasteiger partial charge in [-0.25, -0.2) is 0 Å². The van der Waals surface area contributed by atoms with Gasteiger partial charge in [-0.2, -0.15) is 0 Å². The Morgan fingerprint density at radius 3 is 2.42 bits per heavy atom. The third-order valence-corrected chi connectivity index (χ3v) is 4.74. The van der Waals surface area contributed by atoms with Crippen molar-refractivity contribution in [1.82, 2.24) is 15.1 Å². The van der Waals surface area contributed by atoms with Gasteiger partial charge in [-0.1, -0.05) is 23.9 Å². The van der Waals surface area contributed by atoms with Crippen LogP contribution >= 0.6 is 11.8 Å². The van der Waals surface area contributed by atoms with Gasteiger partial charge >= 0.3 is 0 Å². The minimum atomic E-state index is -0.310. The van der Waals surface area contributed by atoms with Gasteiger partial charge in [-0.05, 0) is 53.7 Å². The minimum Gasteiger partial charge on any atom is -0.493 e. The predicted octanol–water partition coefficient (Wildman–Crippen LogP) is 4.26. The second-order valence-electron chi connectivity index (χ2n) is 6.50. The largest absolute Gasteiger partial charge is 0.493 e. The van der Waals surface area contributed by atoms with E-state index in [0.29, 0.717) is 23.5 Å². The second-order valence-corrected chi connectivity index (χ2v) is 7.79. The molecule has 1 unspecified atom stereocenters. The number of carbonyl (C=O) groups is 1. The van der Waals surface area contributed by atoms with Gasteiger partial charge in [0.1, 0.15) is 5.75 Å². The molecule has 0 radical (unpaired) electrons. The van der Waals surface area contributed by atoms with Gasteiger partial charge in [-0.15, -0.1) is 10.2 Å². The van der Waals surface area contributed by atoms with E-state index in [1.165, 1.54) is 11.8 Å². The van der Waals surface area contributed by atoms with Crippen LogP contribution in [-0.4, -0.2) is 44.9 Å². The Morgan fingerprint density at radius 2 is 1.81 bits per heavy atom. The first-order valence-corrected chi connectivity index (χ1v) is 9.77. The number of carbonyl (C=O) groups excluding carboxylic acids is 1. The van der Waals surface area contributed by atoms with Crippen molar-refractivity contribution in [2.45, 2.75) is 64.1 Å². The lowest BCUT2D eigenvalue weighted by atomic mass is 10.2. The third kappa shape index (κ3) is 4.78. The fourth-order valence-corrected chi connectivity index (χ4v) is 3.55. The van der Waals surface area contributed by atoms with E-state index in [0.717, 1.165) is 5.56 Å². The zero-order valence-electron chi connectivity index (χ0n) is 16.2. The van der Waals surface area contributed by atoms with Crippen molar-refractivity contribution < 1.29 is 13.9 Å². The van der Waals surface area contributed by atoms with Crippen molar-refractivity contribution in [3.05, 3.63) is 24.3 Å². The number of aromatic nitrogens is 2. The number of rotatable bonds is 8. The number of thioether (sulfide) groups is 1. The van der Waals surface area contributed by atoms with Crippen LogP contribution in [0.5, 0.6) is 5.75 Å². The Kier molecular flexibility index (Phi) is 7.08. The van der Waals surface area contributed by atoms with E-state index >= 15 is 0 Å². The number of hydrogen-bond acceptors (Lipinski definition) is 6. The van der Waals surface area contributed by atoms with Gasteiger partial charge < -0.3 is 14.1 Å². The van der Waals surface area contributed by atoms with Crippen LogP contribution < -0.4 is 4.74 Å². The lowest BCUT2D eigenvalue weighted by molar-refractivity contribution is -0.133. The van der Waals surface area contributed by atoms with Crippen molar-refractivity contribution in [2.24, 2.45) is 0 Å². The normalized spacial score (nSPS) is 12.5. The molecule has 1 aromatic carbocycles. The summed E-state index contributed by atoms with van der Waals surface area (Å²) in [5.41, 5.74) is 0.749. The summed E-state index contributed by atoms with van der Waals surface area (Å²) in [6.07, 6.45) is 0. The van der Waals surface area contributed by atoms with E-state index in [4.69, 9.17) is 9.15 Å². The summed E-state index contributed by atoms with van der Waals surface area (Å²) in [6, 6.07) is 7.81. The molecule has 2 aromatic rings. The summed E-state index contributed by atoms with van der Waals surface area (Å²) in [7, 11) is 0. The first kappa shape index (κ1) is 20.3. The summed E-state index contributed by atoms with van der Waals surface area (Å²) in [6.45, 7) is 12.4. The zero-order chi connectivity index (χ0) is 19.3. The molecule has 0 aliphatic carbocycles. The Bertz CT molecular complexity index is 722. The van der Waals surface area contributed by atoms with Gasteiger partial charge in [0.05, 0.1) is 17.4 Å². The zero-order valence-corrected chi connectivity index (χ0v) is 17.0. The highest BCUT2D eigenvalue weighted by molar-refractivity contribution is 8.00. The fourth-order valence-electron chi connectivity index (χ4n) is 2.81. The van der Waals surface area contributed by atoms with Gasteiger partial charge in [0.15, 0.2) is 0 Å². The predicted molar refractivity (Wildman–Crippen MR) is 103 cm³/mol. The van der Waals surface area contributed by atoms with Crippen molar-refractivity contribution in [3.8, 4) is 17.2 Å². The molecule has 0 saturated carbocycles. The molecule has 142 valence electrons. The highest BCUT2D eigenvalue weighted by atomic mass is 32.2. The fraction of sp³-hybridized carbons (Fsp3) is 0.526. The summed E-state index contributed by atoms with van der Waals surface area (Å²) in [5.74, 6) is 1.15. The molecule has 0 aliphatic heterocycles. The van der Waals surface area contributed by atoms with Crippen molar-refractivity contribution in [1.29, 1.82) is 0 Å². The lowest BCUT2D eigenvalue weighted by Gasteiger charge is -2.32. The van der Waals surface area contributed by atoms with Crippen LogP contribution in [0.2, 0.25) is 0 Å². The van der Waals surface area contributed by atoms with E-state index in [1.54, 1.807) is 0 Å². The number of amides is 1. The minimum absolute atomic E-state index is 0.0643. The maximum atomic E-state index is 12.7. The van der Waals surface area contributed by atoms with Crippen molar-refractivity contribution >= 4 is 17.7 Å². The van der Waals surface area contributed by atoms with E-state index in [1.807, 2.05) is 70.7 Å². The average Bonchev–Trinajstić information content (AvgIpc) is 3.03. The molecule has 1 heterocycles. The Hall–Kier alpha value is -2.02. The topological polar surface area (TPSA) is 68.5 Å². The maximum absolute atomic E-state index is 12.7. The first-order chi connectivity index (χ1) is 12.3. The summed E-state index contributed by atoms with van der Waals surface area (Å²) >= 11 is 1.28. The van der Waals surface area contributed by atoms with Crippen LogP contribution in [0.15, 0.2) is 33.9 Å². The van der Waals surface area contributed by atoms with Crippen LogP contribution in [0.3, 0.4) is 0 Å². The number of nitrogens with zero attached hydrogens (tertiary/aromatic N) is 3. The molecule has 6 nitrogen and oxygen atoms in total. The van der Waals surface area contributed by atoms with E-state index in [2.05, 4.69) is 10.2 Å². The van der Waals surface area contributed by atoms with E-state index < -0.39 is 0 Å². The molecule has 26 heavy (non-hydrogen) atoms. The van der Waals surface area contributed by atoms with Gasteiger partial charge in [0.25, 0.3) is 11.1 Å². The molecule has 0 spiro atoms. The van der Waals surface area contributed by atoms with Crippen LogP contribution in [0.4, 0.5) is 0 Å². The molecule has 0 aliphatic rings. The number of ether oxygens (including phenoxy) is 1. The number of hydrogen-bond donors (Lipinski definition) is 0. The molecule has 0 N–H and O–H groups in total. The molecule has 0 fully saturated rings.